The Hall–Kier alpha value is -2.04. The lowest BCUT2D eigenvalue weighted by Crippen LogP contribution is -2.26. The molecule has 21 heavy (non-hydrogen) atoms. The molecule has 0 aliphatic rings. The molecule has 1 unspecified atom stereocenters. The molecular formula is C17H21NO3. The molecule has 2 aromatic carbocycles. The van der Waals surface area contributed by atoms with E-state index in [4.69, 9.17) is 4.74 Å². The molecule has 0 aliphatic carbocycles. The largest absolute Gasteiger partial charge is 0.508 e. The lowest BCUT2D eigenvalue weighted by Gasteiger charge is -2.27. The predicted octanol–water partition coefficient (Wildman–Crippen LogP) is 2.57. The molecule has 112 valence electrons. The molecule has 0 spiro atoms. The van der Waals surface area contributed by atoms with Gasteiger partial charge in [-0.3, -0.25) is 4.90 Å². The lowest BCUT2D eigenvalue weighted by molar-refractivity contribution is 0.142. The first-order chi connectivity index (χ1) is 10.1. The molecule has 0 bridgehead atoms. The molecule has 2 aromatic rings. The quantitative estimate of drug-likeness (QED) is 0.857. The zero-order valence-electron chi connectivity index (χ0n) is 12.4. The Bertz CT molecular complexity index is 569. The maximum absolute atomic E-state index is 9.69. The minimum absolute atomic E-state index is 0.0294. The van der Waals surface area contributed by atoms with Gasteiger partial charge in [-0.15, -0.1) is 0 Å². The van der Waals surface area contributed by atoms with Crippen molar-refractivity contribution < 1.29 is 14.9 Å². The second-order valence-electron chi connectivity index (χ2n) is 5.06. The Balaban J connectivity index is 2.12. The maximum Gasteiger partial charge on any atom is 0.118 e. The molecule has 0 radical (unpaired) electrons. The van der Waals surface area contributed by atoms with Crippen LogP contribution < -0.4 is 4.74 Å². The average molecular weight is 287 g/mol. The van der Waals surface area contributed by atoms with Gasteiger partial charge in [0.1, 0.15) is 11.5 Å². The number of rotatable bonds is 6. The van der Waals surface area contributed by atoms with Gasteiger partial charge in [0, 0.05) is 6.54 Å². The molecule has 0 heterocycles. The van der Waals surface area contributed by atoms with Gasteiger partial charge in [0.15, 0.2) is 0 Å². The fourth-order valence-corrected chi connectivity index (χ4v) is 2.38. The number of aromatic hydroxyl groups is 1. The van der Waals surface area contributed by atoms with Crippen molar-refractivity contribution in [3.05, 3.63) is 59.7 Å². The highest BCUT2D eigenvalue weighted by Crippen LogP contribution is 2.24. The Morgan fingerprint density at radius 1 is 1.14 bits per heavy atom. The number of aliphatic hydroxyl groups excluding tert-OH is 1. The van der Waals surface area contributed by atoms with Crippen LogP contribution in [0.1, 0.15) is 17.2 Å². The molecule has 0 saturated carbocycles. The van der Waals surface area contributed by atoms with Crippen LogP contribution in [0.5, 0.6) is 11.5 Å². The van der Waals surface area contributed by atoms with Crippen LogP contribution in [-0.4, -0.2) is 35.9 Å². The van der Waals surface area contributed by atoms with E-state index in [0.717, 1.165) is 16.9 Å². The van der Waals surface area contributed by atoms with Crippen LogP contribution >= 0.6 is 0 Å². The molecule has 2 N–H and O–H groups in total. The van der Waals surface area contributed by atoms with Crippen LogP contribution in [0.2, 0.25) is 0 Å². The van der Waals surface area contributed by atoms with E-state index in [-0.39, 0.29) is 18.4 Å². The van der Waals surface area contributed by atoms with Gasteiger partial charge in [-0.2, -0.15) is 0 Å². The van der Waals surface area contributed by atoms with Crippen molar-refractivity contribution in [1.29, 1.82) is 0 Å². The molecule has 0 fully saturated rings. The van der Waals surface area contributed by atoms with Crippen molar-refractivity contribution in [2.75, 3.05) is 20.8 Å². The number of methoxy groups -OCH3 is 1. The number of phenols is 1. The van der Waals surface area contributed by atoms with Crippen molar-refractivity contribution in [3.8, 4) is 11.5 Å². The molecule has 4 nitrogen and oxygen atoms in total. The third-order valence-electron chi connectivity index (χ3n) is 3.55. The van der Waals surface area contributed by atoms with Crippen LogP contribution in [0.15, 0.2) is 48.5 Å². The number of hydrogen-bond acceptors (Lipinski definition) is 4. The summed E-state index contributed by atoms with van der Waals surface area (Å²) in [6.45, 7) is 0.674. The van der Waals surface area contributed by atoms with E-state index in [1.54, 1.807) is 19.2 Å². The predicted molar refractivity (Wildman–Crippen MR) is 82.4 cm³/mol. The Morgan fingerprint density at radius 3 is 2.43 bits per heavy atom. The topological polar surface area (TPSA) is 52.9 Å². The lowest BCUT2D eigenvalue weighted by atomic mass is 10.1. The number of benzene rings is 2. The van der Waals surface area contributed by atoms with Crippen LogP contribution in [0.25, 0.3) is 0 Å². The highest BCUT2D eigenvalue weighted by Gasteiger charge is 2.16. The molecule has 4 heteroatoms. The first-order valence-corrected chi connectivity index (χ1v) is 6.87. The van der Waals surface area contributed by atoms with Crippen LogP contribution in [0.4, 0.5) is 0 Å². The summed E-state index contributed by atoms with van der Waals surface area (Å²) < 4.78 is 5.15. The number of phenolic OH excluding ortho intramolecular Hbond substituents is 1. The SMILES string of the molecule is COc1ccc(C(CO)N(C)Cc2cccc(O)c2)cc1. The monoisotopic (exact) mass is 287 g/mol. The molecule has 1 atom stereocenters. The summed E-state index contributed by atoms with van der Waals surface area (Å²) in [7, 11) is 3.59. The Kier molecular flexibility index (Phi) is 5.20. The van der Waals surface area contributed by atoms with Crippen molar-refractivity contribution in [2.24, 2.45) is 0 Å². The van der Waals surface area contributed by atoms with Gasteiger partial charge >= 0.3 is 0 Å². The van der Waals surface area contributed by atoms with Gasteiger partial charge in [0.05, 0.1) is 19.8 Å². The van der Waals surface area contributed by atoms with Gasteiger partial charge < -0.3 is 14.9 Å². The van der Waals surface area contributed by atoms with Crippen molar-refractivity contribution >= 4 is 0 Å². The van der Waals surface area contributed by atoms with Gasteiger partial charge in [-0.1, -0.05) is 24.3 Å². The highest BCUT2D eigenvalue weighted by atomic mass is 16.5. The maximum atomic E-state index is 9.69. The van der Waals surface area contributed by atoms with Gasteiger partial charge in [-0.25, -0.2) is 0 Å². The highest BCUT2D eigenvalue weighted by molar-refractivity contribution is 5.30. The van der Waals surface area contributed by atoms with Crippen molar-refractivity contribution in [2.45, 2.75) is 12.6 Å². The average Bonchev–Trinajstić information content (AvgIpc) is 2.48. The fraction of sp³-hybridized carbons (Fsp3) is 0.294. The second-order valence-corrected chi connectivity index (χ2v) is 5.06. The number of ether oxygens (including phenoxy) is 1. The first kappa shape index (κ1) is 15.4. The van der Waals surface area contributed by atoms with E-state index in [1.807, 2.05) is 43.4 Å². The van der Waals surface area contributed by atoms with Crippen LogP contribution in [-0.2, 0) is 6.54 Å². The van der Waals surface area contributed by atoms with Gasteiger partial charge in [0.2, 0.25) is 0 Å². The zero-order chi connectivity index (χ0) is 15.2. The van der Waals surface area contributed by atoms with E-state index < -0.39 is 0 Å². The summed E-state index contributed by atoms with van der Waals surface area (Å²) in [6.07, 6.45) is 0. The molecular weight excluding hydrogens is 266 g/mol. The van der Waals surface area contributed by atoms with Crippen molar-refractivity contribution in [3.63, 3.8) is 0 Å². The summed E-state index contributed by atoms with van der Waals surface area (Å²) in [5.74, 6) is 1.05. The number of nitrogens with zero attached hydrogens (tertiary/aromatic N) is 1. The second kappa shape index (κ2) is 7.11. The third kappa shape index (κ3) is 3.97. The first-order valence-electron chi connectivity index (χ1n) is 6.87. The molecule has 2 rings (SSSR count). The standard InChI is InChI=1S/C17H21NO3/c1-18(11-13-4-3-5-15(20)10-13)17(12-19)14-6-8-16(21-2)9-7-14/h3-10,17,19-20H,11-12H2,1-2H3. The fourth-order valence-electron chi connectivity index (χ4n) is 2.38. The summed E-state index contributed by atoms with van der Waals surface area (Å²) >= 11 is 0. The molecule has 0 aliphatic heterocycles. The summed E-state index contributed by atoms with van der Waals surface area (Å²) in [6, 6.07) is 14.8. The van der Waals surface area contributed by atoms with E-state index in [2.05, 4.69) is 4.90 Å². The summed E-state index contributed by atoms with van der Waals surface area (Å²) in [5.41, 5.74) is 2.03. The third-order valence-corrected chi connectivity index (χ3v) is 3.55. The Labute approximate surface area is 125 Å². The molecule has 0 amide bonds. The molecule has 0 aromatic heterocycles. The van der Waals surface area contributed by atoms with E-state index in [9.17, 15) is 10.2 Å². The minimum atomic E-state index is -0.0988. The Morgan fingerprint density at radius 2 is 1.86 bits per heavy atom. The number of hydrogen-bond donors (Lipinski definition) is 2. The van der Waals surface area contributed by atoms with E-state index >= 15 is 0 Å². The zero-order valence-corrected chi connectivity index (χ0v) is 12.4. The smallest absolute Gasteiger partial charge is 0.118 e. The minimum Gasteiger partial charge on any atom is -0.508 e. The number of aliphatic hydroxyl groups is 1. The molecule has 0 saturated heterocycles. The van der Waals surface area contributed by atoms with E-state index in [1.165, 1.54) is 0 Å². The van der Waals surface area contributed by atoms with E-state index in [0.29, 0.717) is 6.54 Å². The van der Waals surface area contributed by atoms with Crippen molar-refractivity contribution in [1.82, 2.24) is 4.90 Å². The van der Waals surface area contributed by atoms with Crippen LogP contribution in [0.3, 0.4) is 0 Å². The van der Waals surface area contributed by atoms with Gasteiger partial charge in [0.25, 0.3) is 0 Å². The number of likely N-dealkylation sites (N-methyl/N-ethyl adjacent to an activating group) is 1. The van der Waals surface area contributed by atoms with Gasteiger partial charge in [-0.05, 0) is 42.4 Å². The summed E-state index contributed by atoms with van der Waals surface area (Å²) in [4.78, 5) is 2.05. The summed E-state index contributed by atoms with van der Waals surface area (Å²) in [5, 5.41) is 19.2. The normalized spacial score (nSPS) is 12.4. The van der Waals surface area contributed by atoms with Crippen LogP contribution in [0, 0.1) is 0 Å².